The van der Waals surface area contributed by atoms with Crippen LogP contribution in [0.25, 0.3) is 0 Å². The topological polar surface area (TPSA) is 58.5 Å². The van der Waals surface area contributed by atoms with Crippen LogP contribution in [0, 0.1) is 10.7 Å². The van der Waals surface area contributed by atoms with Gasteiger partial charge in [0.15, 0.2) is 0 Å². The van der Waals surface area contributed by atoms with Crippen molar-refractivity contribution < 1.29 is 9.18 Å². The summed E-state index contributed by atoms with van der Waals surface area (Å²) in [5.41, 5.74) is 0.305. The fourth-order valence-electron chi connectivity index (χ4n) is 0.982. The molecule has 0 spiro atoms. The zero-order chi connectivity index (χ0) is 10.6. The monoisotopic (exact) mass is 196 g/mol. The minimum atomic E-state index is -0.538. The summed E-state index contributed by atoms with van der Waals surface area (Å²) in [5, 5.41) is 5.36. The number of nitrogens with one attached hydrogen (secondary N) is 1. The van der Waals surface area contributed by atoms with Crippen molar-refractivity contribution in [2.45, 2.75) is 13.0 Å². The van der Waals surface area contributed by atoms with E-state index in [1.807, 2.05) is 0 Å². The van der Waals surface area contributed by atoms with E-state index in [9.17, 15) is 14.1 Å². The molecule has 0 bridgehead atoms. The van der Waals surface area contributed by atoms with Gasteiger partial charge in [-0.3, -0.25) is 0 Å². The van der Waals surface area contributed by atoms with Crippen LogP contribution in [0.15, 0.2) is 23.4 Å². The molecule has 0 aliphatic rings. The molecule has 0 amide bonds. The number of halogens is 1. The standard InChI is InChI=1S/C9H9FN2O2/c1-6(5-13)11-8-3-2-7(10)4-9(8)12-14/h2-6,11H,1H3/t6-/m0/s1. The van der Waals surface area contributed by atoms with Gasteiger partial charge >= 0.3 is 0 Å². The summed E-state index contributed by atoms with van der Waals surface area (Å²) in [5.74, 6) is -0.538. The number of benzene rings is 1. The number of carbonyl (C=O) groups is 1. The maximum atomic E-state index is 12.7. The van der Waals surface area contributed by atoms with Crippen molar-refractivity contribution in [2.24, 2.45) is 5.18 Å². The number of aldehydes is 1. The van der Waals surface area contributed by atoms with Crippen LogP contribution < -0.4 is 5.32 Å². The van der Waals surface area contributed by atoms with E-state index in [0.29, 0.717) is 12.0 Å². The first-order valence-corrected chi connectivity index (χ1v) is 4.02. The molecule has 1 atom stereocenters. The first-order valence-electron chi connectivity index (χ1n) is 4.02. The van der Waals surface area contributed by atoms with E-state index >= 15 is 0 Å². The number of anilines is 1. The van der Waals surface area contributed by atoms with Gasteiger partial charge in [0.25, 0.3) is 0 Å². The van der Waals surface area contributed by atoms with Gasteiger partial charge in [-0.2, -0.15) is 0 Å². The Morgan fingerprint density at radius 1 is 1.57 bits per heavy atom. The minimum absolute atomic E-state index is 0.0429. The maximum Gasteiger partial charge on any atom is 0.141 e. The number of carbonyl (C=O) groups excluding carboxylic acids is 1. The Balaban J connectivity index is 2.96. The second-order valence-electron chi connectivity index (χ2n) is 2.82. The summed E-state index contributed by atoms with van der Waals surface area (Å²) in [6.45, 7) is 1.62. The highest BCUT2D eigenvalue weighted by atomic mass is 19.1. The minimum Gasteiger partial charge on any atom is -0.374 e. The van der Waals surface area contributed by atoms with Crippen LogP contribution in [-0.2, 0) is 4.79 Å². The highest BCUT2D eigenvalue weighted by Crippen LogP contribution is 2.25. The largest absolute Gasteiger partial charge is 0.374 e. The molecule has 1 aromatic carbocycles. The summed E-state index contributed by atoms with van der Waals surface area (Å²) >= 11 is 0. The quantitative estimate of drug-likeness (QED) is 0.593. The molecule has 1 N–H and O–H groups in total. The highest BCUT2D eigenvalue weighted by Gasteiger charge is 2.06. The summed E-state index contributed by atoms with van der Waals surface area (Å²) in [6.07, 6.45) is 0.679. The average molecular weight is 196 g/mol. The van der Waals surface area contributed by atoms with Gasteiger partial charge in [-0.25, -0.2) is 4.39 Å². The van der Waals surface area contributed by atoms with E-state index in [1.54, 1.807) is 6.92 Å². The molecule has 0 radical (unpaired) electrons. The zero-order valence-electron chi connectivity index (χ0n) is 7.53. The summed E-state index contributed by atoms with van der Waals surface area (Å²) in [6, 6.07) is 3.12. The molecular weight excluding hydrogens is 187 g/mol. The van der Waals surface area contributed by atoms with Gasteiger partial charge in [-0.1, -0.05) is 0 Å². The molecule has 1 rings (SSSR count). The molecule has 4 nitrogen and oxygen atoms in total. The number of nitrogens with zero attached hydrogens (tertiary/aromatic N) is 1. The fraction of sp³-hybridized carbons (Fsp3) is 0.222. The highest BCUT2D eigenvalue weighted by molar-refractivity contribution is 5.71. The smallest absolute Gasteiger partial charge is 0.141 e. The van der Waals surface area contributed by atoms with Crippen LogP contribution in [-0.4, -0.2) is 12.3 Å². The van der Waals surface area contributed by atoms with Gasteiger partial charge in [0.05, 0.1) is 11.7 Å². The molecule has 14 heavy (non-hydrogen) atoms. The van der Waals surface area contributed by atoms with E-state index in [2.05, 4.69) is 10.5 Å². The molecule has 0 fully saturated rings. The molecule has 0 unspecified atom stereocenters. The Morgan fingerprint density at radius 2 is 2.29 bits per heavy atom. The van der Waals surface area contributed by atoms with E-state index in [0.717, 1.165) is 6.07 Å². The van der Waals surface area contributed by atoms with Crippen molar-refractivity contribution >= 4 is 17.7 Å². The lowest BCUT2D eigenvalue weighted by atomic mass is 10.2. The third-order valence-corrected chi connectivity index (χ3v) is 1.65. The van der Waals surface area contributed by atoms with Gasteiger partial charge in [-0.05, 0) is 24.2 Å². The Kier molecular flexibility index (Phi) is 3.28. The first-order chi connectivity index (χ1) is 6.67. The first kappa shape index (κ1) is 10.3. The predicted molar refractivity (Wildman–Crippen MR) is 51.0 cm³/mol. The molecular formula is C9H9FN2O2. The molecule has 74 valence electrons. The number of hydrogen-bond donors (Lipinski definition) is 1. The third-order valence-electron chi connectivity index (χ3n) is 1.65. The number of hydrogen-bond acceptors (Lipinski definition) is 4. The van der Waals surface area contributed by atoms with E-state index < -0.39 is 11.9 Å². The van der Waals surface area contributed by atoms with Crippen LogP contribution in [0.5, 0.6) is 0 Å². The van der Waals surface area contributed by atoms with Crippen molar-refractivity contribution in [1.82, 2.24) is 0 Å². The molecule has 0 aromatic heterocycles. The average Bonchev–Trinajstić information content (AvgIpc) is 2.20. The lowest BCUT2D eigenvalue weighted by Crippen LogP contribution is -2.16. The molecule has 1 aromatic rings. The second-order valence-corrected chi connectivity index (χ2v) is 2.82. The summed E-state index contributed by atoms with van der Waals surface area (Å²) in [4.78, 5) is 20.6. The van der Waals surface area contributed by atoms with Crippen LogP contribution in [0.3, 0.4) is 0 Å². The van der Waals surface area contributed by atoms with E-state index in [1.165, 1.54) is 12.1 Å². The molecule has 0 aliphatic carbocycles. The Morgan fingerprint density at radius 3 is 2.86 bits per heavy atom. The predicted octanol–water partition coefficient (Wildman–Crippen LogP) is 2.22. The van der Waals surface area contributed by atoms with Crippen LogP contribution in [0.1, 0.15) is 6.92 Å². The Labute approximate surface area is 80.1 Å². The number of rotatable bonds is 4. The lowest BCUT2D eigenvalue weighted by molar-refractivity contribution is -0.108. The van der Waals surface area contributed by atoms with Crippen molar-refractivity contribution in [3.8, 4) is 0 Å². The molecule has 0 heterocycles. The SMILES string of the molecule is C[C@@H](C=O)Nc1ccc(F)cc1N=O. The Bertz CT molecular complexity index is 355. The Hall–Kier alpha value is -1.78. The lowest BCUT2D eigenvalue weighted by Gasteiger charge is -2.09. The molecule has 0 saturated heterocycles. The molecule has 0 aliphatic heterocycles. The van der Waals surface area contributed by atoms with Gasteiger partial charge in [0.1, 0.15) is 17.8 Å². The van der Waals surface area contributed by atoms with Crippen molar-refractivity contribution in [2.75, 3.05) is 5.32 Å². The molecule has 5 heteroatoms. The van der Waals surface area contributed by atoms with Gasteiger partial charge in [0, 0.05) is 6.07 Å². The van der Waals surface area contributed by atoms with Gasteiger partial charge < -0.3 is 10.1 Å². The van der Waals surface area contributed by atoms with Crippen LogP contribution in [0.2, 0.25) is 0 Å². The van der Waals surface area contributed by atoms with Crippen molar-refractivity contribution in [3.63, 3.8) is 0 Å². The molecule has 0 saturated carbocycles. The number of nitroso groups, excluding NO2 is 1. The summed E-state index contributed by atoms with van der Waals surface area (Å²) in [7, 11) is 0. The van der Waals surface area contributed by atoms with Gasteiger partial charge in [-0.15, -0.1) is 4.91 Å². The van der Waals surface area contributed by atoms with E-state index in [4.69, 9.17) is 0 Å². The van der Waals surface area contributed by atoms with Crippen molar-refractivity contribution in [1.29, 1.82) is 0 Å². The second kappa shape index (κ2) is 4.45. The van der Waals surface area contributed by atoms with Crippen molar-refractivity contribution in [3.05, 3.63) is 28.9 Å². The normalized spacial score (nSPS) is 11.9. The zero-order valence-corrected chi connectivity index (χ0v) is 7.53. The fourth-order valence-corrected chi connectivity index (χ4v) is 0.982. The van der Waals surface area contributed by atoms with Crippen LogP contribution in [0.4, 0.5) is 15.8 Å². The maximum absolute atomic E-state index is 12.7. The van der Waals surface area contributed by atoms with Gasteiger partial charge in [0.2, 0.25) is 0 Å². The van der Waals surface area contributed by atoms with E-state index in [-0.39, 0.29) is 5.69 Å². The third kappa shape index (κ3) is 2.35. The summed E-state index contributed by atoms with van der Waals surface area (Å²) < 4.78 is 12.7. The van der Waals surface area contributed by atoms with Crippen LogP contribution >= 0.6 is 0 Å².